The van der Waals surface area contributed by atoms with Crippen LogP contribution in [0, 0.1) is 25.2 Å². The molecular weight excluding hydrogens is 358 g/mol. The quantitative estimate of drug-likeness (QED) is 0.489. The van der Waals surface area contributed by atoms with Gasteiger partial charge in [-0.2, -0.15) is 0 Å². The Labute approximate surface area is 175 Å². The summed E-state index contributed by atoms with van der Waals surface area (Å²) in [6.07, 6.45) is 7.78. The van der Waals surface area contributed by atoms with Crippen molar-refractivity contribution < 1.29 is 0 Å². The first-order valence-corrected chi connectivity index (χ1v) is 10.4. The molecule has 3 aromatic heterocycles. The van der Waals surface area contributed by atoms with Crippen molar-refractivity contribution in [1.82, 2.24) is 19.4 Å². The molecule has 0 fully saturated rings. The van der Waals surface area contributed by atoms with Crippen LogP contribution in [0.5, 0.6) is 0 Å². The summed E-state index contributed by atoms with van der Waals surface area (Å²) in [6.45, 7) is 18.4. The second-order valence-electron chi connectivity index (χ2n) is 7.61. The molecule has 0 aliphatic heterocycles. The molecule has 0 saturated heterocycles. The Morgan fingerprint density at radius 1 is 1.17 bits per heavy atom. The summed E-state index contributed by atoms with van der Waals surface area (Å²) in [5.41, 5.74) is 6.15. The fourth-order valence-electron chi connectivity index (χ4n) is 2.56. The Morgan fingerprint density at radius 3 is 2.34 bits per heavy atom. The molecule has 5 nitrogen and oxygen atoms in total. The number of imidazole rings is 2. The van der Waals surface area contributed by atoms with E-state index < -0.39 is 0 Å². The first-order chi connectivity index (χ1) is 13.7. The number of aromatic nitrogens is 4. The van der Waals surface area contributed by atoms with Crippen LogP contribution in [-0.2, 0) is 0 Å². The summed E-state index contributed by atoms with van der Waals surface area (Å²) in [4.78, 5) is 11.8. The number of rotatable bonds is 4. The molecule has 3 heterocycles. The molecule has 0 aliphatic rings. The van der Waals surface area contributed by atoms with Crippen LogP contribution in [0.3, 0.4) is 0 Å². The SMILES string of the molecule is C/C(=C/C(=N)C(C)C)c1ncc(C)[nH]1.CC.Cc1cn2ccc(C(C)C)cc2n1. The molecule has 29 heavy (non-hydrogen) atoms. The molecule has 3 aromatic rings. The van der Waals surface area contributed by atoms with Crippen molar-refractivity contribution in [3.05, 3.63) is 59.6 Å². The molecule has 0 atom stereocenters. The number of pyridine rings is 1. The van der Waals surface area contributed by atoms with E-state index in [2.05, 4.69) is 51.5 Å². The van der Waals surface area contributed by atoms with E-state index in [1.165, 1.54) is 5.56 Å². The fourth-order valence-corrected chi connectivity index (χ4v) is 2.56. The first-order valence-electron chi connectivity index (χ1n) is 10.4. The summed E-state index contributed by atoms with van der Waals surface area (Å²) in [5, 5.41) is 7.71. The molecule has 5 heteroatoms. The largest absolute Gasteiger partial charge is 0.342 e. The standard InChI is InChI=1S/C11H17N3.C11H14N2.C2H6/c1-7(2)10(12)5-8(3)11-13-6-9(4)14-11;1-8(2)10-4-5-13-7-9(3)12-11(13)6-10;1-2/h5-7,12H,1-4H3,(H,13,14);4-8H,1-3H3;1-2H3/b8-5-,12-10?;;. The minimum absolute atomic E-state index is 0.265. The molecule has 0 spiro atoms. The van der Waals surface area contributed by atoms with Gasteiger partial charge in [-0.15, -0.1) is 0 Å². The minimum atomic E-state index is 0.265. The summed E-state index contributed by atoms with van der Waals surface area (Å²) in [5.74, 6) is 1.69. The predicted octanol–water partition coefficient (Wildman–Crippen LogP) is 6.59. The maximum atomic E-state index is 7.71. The van der Waals surface area contributed by atoms with Gasteiger partial charge in [0.05, 0.1) is 5.69 Å². The van der Waals surface area contributed by atoms with Crippen LogP contribution < -0.4 is 0 Å². The summed E-state index contributed by atoms with van der Waals surface area (Å²) >= 11 is 0. The highest BCUT2D eigenvalue weighted by Gasteiger charge is 2.04. The lowest BCUT2D eigenvalue weighted by atomic mass is 10.1. The molecular formula is C24H37N5. The van der Waals surface area contributed by atoms with E-state index in [1.807, 2.05) is 60.7 Å². The van der Waals surface area contributed by atoms with E-state index in [0.29, 0.717) is 11.6 Å². The zero-order chi connectivity index (χ0) is 22.1. The van der Waals surface area contributed by atoms with E-state index >= 15 is 0 Å². The monoisotopic (exact) mass is 395 g/mol. The Balaban J connectivity index is 0.000000268. The highest BCUT2D eigenvalue weighted by molar-refractivity contribution is 5.99. The Kier molecular flexibility index (Phi) is 9.53. The van der Waals surface area contributed by atoms with Crippen LogP contribution in [0.25, 0.3) is 11.2 Å². The van der Waals surface area contributed by atoms with Crippen LogP contribution in [0.4, 0.5) is 0 Å². The summed E-state index contributed by atoms with van der Waals surface area (Å²) in [6, 6.07) is 4.30. The van der Waals surface area contributed by atoms with Gasteiger partial charge >= 0.3 is 0 Å². The smallest absolute Gasteiger partial charge is 0.137 e. The van der Waals surface area contributed by atoms with Gasteiger partial charge in [-0.1, -0.05) is 41.5 Å². The van der Waals surface area contributed by atoms with Gasteiger partial charge < -0.3 is 14.8 Å². The van der Waals surface area contributed by atoms with Gasteiger partial charge in [0.1, 0.15) is 11.5 Å². The third kappa shape index (κ3) is 7.33. The number of aryl methyl sites for hydroxylation is 2. The van der Waals surface area contributed by atoms with Gasteiger partial charge in [0.2, 0.25) is 0 Å². The average molecular weight is 396 g/mol. The minimum Gasteiger partial charge on any atom is -0.342 e. The number of hydrogen-bond donors (Lipinski definition) is 2. The number of nitrogens with one attached hydrogen (secondary N) is 2. The highest BCUT2D eigenvalue weighted by atomic mass is 15.0. The summed E-state index contributed by atoms with van der Waals surface area (Å²) in [7, 11) is 0. The number of H-pyrrole nitrogens is 1. The van der Waals surface area contributed by atoms with Crippen molar-refractivity contribution in [2.45, 2.75) is 68.2 Å². The van der Waals surface area contributed by atoms with Gasteiger partial charge in [0, 0.05) is 30.0 Å². The van der Waals surface area contributed by atoms with Crippen molar-refractivity contribution in [3.8, 4) is 0 Å². The summed E-state index contributed by atoms with van der Waals surface area (Å²) < 4.78 is 2.06. The zero-order valence-corrected chi connectivity index (χ0v) is 19.5. The van der Waals surface area contributed by atoms with Gasteiger partial charge in [0.15, 0.2) is 0 Å². The lowest BCUT2D eigenvalue weighted by Crippen LogP contribution is -2.02. The first kappa shape index (κ1) is 24.3. The Morgan fingerprint density at radius 2 is 1.83 bits per heavy atom. The lowest BCUT2D eigenvalue weighted by Gasteiger charge is -2.04. The second-order valence-corrected chi connectivity index (χ2v) is 7.61. The van der Waals surface area contributed by atoms with Gasteiger partial charge in [-0.3, -0.25) is 0 Å². The van der Waals surface area contributed by atoms with Crippen LogP contribution in [-0.4, -0.2) is 25.1 Å². The van der Waals surface area contributed by atoms with Gasteiger partial charge in [-0.25, -0.2) is 9.97 Å². The third-order valence-corrected chi connectivity index (χ3v) is 4.34. The maximum absolute atomic E-state index is 7.71. The third-order valence-electron chi connectivity index (χ3n) is 4.34. The number of aromatic amines is 1. The van der Waals surface area contributed by atoms with E-state index in [-0.39, 0.29) is 5.92 Å². The Bertz CT molecular complexity index is 941. The van der Waals surface area contributed by atoms with E-state index in [4.69, 9.17) is 5.41 Å². The van der Waals surface area contributed by atoms with Crippen molar-refractivity contribution >= 4 is 16.9 Å². The molecule has 0 saturated carbocycles. The number of nitrogens with zero attached hydrogens (tertiary/aromatic N) is 3. The van der Waals surface area contributed by atoms with E-state index in [9.17, 15) is 0 Å². The molecule has 0 aromatic carbocycles. The molecule has 0 amide bonds. The molecule has 2 N–H and O–H groups in total. The van der Waals surface area contributed by atoms with Crippen molar-refractivity contribution in [1.29, 1.82) is 5.41 Å². The molecule has 0 aliphatic carbocycles. The molecule has 158 valence electrons. The molecule has 0 unspecified atom stereocenters. The van der Waals surface area contributed by atoms with Crippen molar-refractivity contribution in [2.75, 3.05) is 0 Å². The van der Waals surface area contributed by atoms with E-state index in [1.54, 1.807) is 6.20 Å². The average Bonchev–Trinajstić information content (AvgIpc) is 3.27. The number of hydrogen-bond acceptors (Lipinski definition) is 3. The molecule has 3 rings (SSSR count). The van der Waals surface area contributed by atoms with Crippen LogP contribution >= 0.6 is 0 Å². The van der Waals surface area contributed by atoms with E-state index in [0.717, 1.165) is 28.4 Å². The van der Waals surface area contributed by atoms with Crippen molar-refractivity contribution in [3.63, 3.8) is 0 Å². The normalized spacial score (nSPS) is 11.2. The predicted molar refractivity (Wildman–Crippen MR) is 125 cm³/mol. The molecule has 0 radical (unpaired) electrons. The molecule has 0 bridgehead atoms. The van der Waals surface area contributed by atoms with Gasteiger partial charge in [-0.05, 0) is 62.0 Å². The van der Waals surface area contributed by atoms with Crippen LogP contribution in [0.1, 0.15) is 77.2 Å². The number of allylic oxidation sites excluding steroid dienone is 2. The van der Waals surface area contributed by atoms with Gasteiger partial charge in [0.25, 0.3) is 0 Å². The zero-order valence-electron chi connectivity index (χ0n) is 19.5. The topological polar surface area (TPSA) is 69.8 Å². The maximum Gasteiger partial charge on any atom is 0.137 e. The second kappa shape index (κ2) is 11.3. The number of fused-ring (bicyclic) bond motifs is 1. The highest BCUT2D eigenvalue weighted by Crippen LogP contribution is 2.16. The van der Waals surface area contributed by atoms with Crippen molar-refractivity contribution in [2.24, 2.45) is 5.92 Å². The Hall–Kier alpha value is -2.69. The van der Waals surface area contributed by atoms with Crippen LogP contribution in [0.2, 0.25) is 0 Å². The lowest BCUT2D eigenvalue weighted by molar-refractivity contribution is 0.863. The fraction of sp³-hybridized carbons (Fsp3) is 0.458. The van der Waals surface area contributed by atoms with Crippen LogP contribution in [0.15, 0.2) is 36.8 Å².